The van der Waals surface area contributed by atoms with Crippen molar-refractivity contribution in [1.29, 1.82) is 0 Å². The van der Waals surface area contributed by atoms with Crippen molar-refractivity contribution >= 4 is 5.69 Å². The van der Waals surface area contributed by atoms with Gasteiger partial charge in [0.1, 0.15) is 0 Å². The van der Waals surface area contributed by atoms with Gasteiger partial charge in [0.15, 0.2) is 0 Å². The Morgan fingerprint density at radius 1 is 1.23 bits per heavy atom. The third-order valence-electron chi connectivity index (χ3n) is 4.80. The molecule has 4 nitrogen and oxygen atoms in total. The number of hydrogen-bond acceptors (Lipinski definition) is 4. The Labute approximate surface area is 134 Å². The van der Waals surface area contributed by atoms with Gasteiger partial charge in [-0.1, -0.05) is 12.1 Å². The number of likely N-dealkylation sites (tertiary alicyclic amines) is 1. The second-order valence-corrected chi connectivity index (χ2v) is 6.99. The first-order chi connectivity index (χ1) is 10.6. The van der Waals surface area contributed by atoms with Crippen LogP contribution in [0.2, 0.25) is 0 Å². The Kier molecular flexibility index (Phi) is 5.01. The minimum atomic E-state index is 0.354. The zero-order valence-electron chi connectivity index (χ0n) is 13.9. The topological polar surface area (TPSA) is 41.7 Å². The number of ether oxygens (including phenoxy) is 1. The number of benzene rings is 1. The van der Waals surface area contributed by atoms with Crippen LogP contribution < -0.4 is 5.73 Å². The highest BCUT2D eigenvalue weighted by Crippen LogP contribution is 2.23. The quantitative estimate of drug-likeness (QED) is 0.867. The number of nitrogens with zero attached hydrogens (tertiary/aromatic N) is 2. The normalized spacial score (nSPS) is 30.7. The van der Waals surface area contributed by atoms with Gasteiger partial charge in [0.05, 0.1) is 12.2 Å². The number of nitrogen functional groups attached to an aromatic ring is 1. The smallest absolute Gasteiger partial charge is 0.0678 e. The number of nitrogens with two attached hydrogens (primary N) is 1. The SMILES string of the molecule is CC1CN(CC2CCCN2Cc2cccc(N)c2)CC(C)O1. The maximum Gasteiger partial charge on any atom is 0.0678 e. The monoisotopic (exact) mass is 303 g/mol. The van der Waals surface area contributed by atoms with Crippen molar-refractivity contribution in [3.63, 3.8) is 0 Å². The van der Waals surface area contributed by atoms with Crippen molar-refractivity contribution in [1.82, 2.24) is 9.80 Å². The maximum absolute atomic E-state index is 5.91. The van der Waals surface area contributed by atoms with E-state index < -0.39 is 0 Å². The molecule has 0 spiro atoms. The average molecular weight is 303 g/mol. The van der Waals surface area contributed by atoms with Gasteiger partial charge in [-0.3, -0.25) is 9.80 Å². The van der Waals surface area contributed by atoms with E-state index in [1.54, 1.807) is 0 Å². The van der Waals surface area contributed by atoms with Gasteiger partial charge in [-0.15, -0.1) is 0 Å². The van der Waals surface area contributed by atoms with Crippen LogP contribution in [-0.2, 0) is 11.3 Å². The maximum atomic E-state index is 5.91. The standard InChI is InChI=1S/C18H29N3O/c1-14-10-20(11-15(2)22-14)13-18-7-4-8-21(18)12-16-5-3-6-17(19)9-16/h3,5-6,9,14-15,18H,4,7-8,10-13,19H2,1-2H3. The van der Waals surface area contributed by atoms with E-state index in [2.05, 4.69) is 41.8 Å². The molecule has 0 aromatic heterocycles. The minimum Gasteiger partial charge on any atom is -0.399 e. The number of rotatable bonds is 4. The van der Waals surface area contributed by atoms with Crippen molar-refractivity contribution in [2.45, 2.75) is 51.5 Å². The molecule has 2 saturated heterocycles. The Morgan fingerprint density at radius 2 is 2.00 bits per heavy atom. The first-order valence-corrected chi connectivity index (χ1v) is 8.56. The van der Waals surface area contributed by atoms with Gasteiger partial charge in [0.2, 0.25) is 0 Å². The summed E-state index contributed by atoms with van der Waals surface area (Å²) in [7, 11) is 0. The highest BCUT2D eigenvalue weighted by molar-refractivity contribution is 5.40. The summed E-state index contributed by atoms with van der Waals surface area (Å²) in [4.78, 5) is 5.21. The highest BCUT2D eigenvalue weighted by atomic mass is 16.5. The molecule has 0 bridgehead atoms. The van der Waals surface area contributed by atoms with Crippen LogP contribution in [0.25, 0.3) is 0 Å². The molecule has 2 fully saturated rings. The van der Waals surface area contributed by atoms with Crippen molar-refractivity contribution in [2.24, 2.45) is 0 Å². The summed E-state index contributed by atoms with van der Waals surface area (Å²) in [5, 5.41) is 0. The lowest BCUT2D eigenvalue weighted by Crippen LogP contribution is -2.50. The second kappa shape index (κ2) is 6.99. The first kappa shape index (κ1) is 15.8. The van der Waals surface area contributed by atoms with Crippen LogP contribution >= 0.6 is 0 Å². The molecule has 1 aromatic carbocycles. The van der Waals surface area contributed by atoms with Gasteiger partial charge in [-0.2, -0.15) is 0 Å². The second-order valence-electron chi connectivity index (χ2n) is 6.99. The van der Waals surface area contributed by atoms with Crippen molar-refractivity contribution < 1.29 is 4.74 Å². The molecule has 122 valence electrons. The zero-order chi connectivity index (χ0) is 15.5. The fourth-order valence-corrected chi connectivity index (χ4v) is 3.97. The summed E-state index contributed by atoms with van der Waals surface area (Å²) in [6, 6.07) is 8.97. The Morgan fingerprint density at radius 3 is 2.73 bits per heavy atom. The summed E-state index contributed by atoms with van der Waals surface area (Å²) in [6.07, 6.45) is 3.32. The van der Waals surface area contributed by atoms with E-state index in [4.69, 9.17) is 10.5 Å². The molecule has 2 heterocycles. The molecule has 2 aliphatic heterocycles. The minimum absolute atomic E-state index is 0.354. The fourth-order valence-electron chi connectivity index (χ4n) is 3.97. The third-order valence-corrected chi connectivity index (χ3v) is 4.80. The van der Waals surface area contributed by atoms with E-state index in [0.29, 0.717) is 18.2 Å². The molecule has 4 heteroatoms. The molecule has 3 rings (SSSR count). The van der Waals surface area contributed by atoms with Crippen LogP contribution in [0.5, 0.6) is 0 Å². The van der Waals surface area contributed by atoms with Gasteiger partial charge in [0, 0.05) is 37.9 Å². The predicted molar refractivity (Wildman–Crippen MR) is 90.7 cm³/mol. The average Bonchev–Trinajstić information content (AvgIpc) is 2.85. The Bertz CT molecular complexity index is 483. The van der Waals surface area contributed by atoms with Gasteiger partial charge in [-0.25, -0.2) is 0 Å². The summed E-state index contributed by atoms with van der Waals surface area (Å²) >= 11 is 0. The molecule has 0 saturated carbocycles. The molecule has 0 amide bonds. The molecule has 3 unspecified atom stereocenters. The molecular formula is C18H29N3O. The van der Waals surface area contributed by atoms with Crippen molar-refractivity contribution in [3.8, 4) is 0 Å². The number of hydrogen-bond donors (Lipinski definition) is 1. The fraction of sp³-hybridized carbons (Fsp3) is 0.667. The zero-order valence-corrected chi connectivity index (χ0v) is 13.9. The molecule has 3 atom stereocenters. The predicted octanol–water partition coefficient (Wildman–Crippen LogP) is 2.34. The highest BCUT2D eigenvalue weighted by Gasteiger charge is 2.29. The molecule has 22 heavy (non-hydrogen) atoms. The van der Waals surface area contributed by atoms with E-state index in [1.165, 1.54) is 31.5 Å². The van der Waals surface area contributed by atoms with Gasteiger partial charge in [-0.05, 0) is 50.9 Å². The Hall–Kier alpha value is -1.10. The lowest BCUT2D eigenvalue weighted by atomic mass is 10.1. The first-order valence-electron chi connectivity index (χ1n) is 8.56. The van der Waals surface area contributed by atoms with Crippen LogP contribution in [0.3, 0.4) is 0 Å². The van der Waals surface area contributed by atoms with Crippen LogP contribution in [0.4, 0.5) is 5.69 Å². The summed E-state index contributed by atoms with van der Waals surface area (Å²) in [5.41, 5.74) is 8.10. The molecule has 2 N–H and O–H groups in total. The lowest BCUT2D eigenvalue weighted by molar-refractivity contribution is -0.0724. The van der Waals surface area contributed by atoms with E-state index in [0.717, 1.165) is 25.3 Å². The van der Waals surface area contributed by atoms with Gasteiger partial charge < -0.3 is 10.5 Å². The van der Waals surface area contributed by atoms with E-state index in [-0.39, 0.29) is 0 Å². The number of morpholine rings is 1. The van der Waals surface area contributed by atoms with E-state index in [9.17, 15) is 0 Å². The molecule has 1 aromatic rings. The molecule has 0 aliphatic carbocycles. The largest absolute Gasteiger partial charge is 0.399 e. The molecular weight excluding hydrogens is 274 g/mol. The van der Waals surface area contributed by atoms with Crippen LogP contribution in [0.1, 0.15) is 32.3 Å². The summed E-state index contributed by atoms with van der Waals surface area (Å²) < 4.78 is 5.85. The van der Waals surface area contributed by atoms with Crippen LogP contribution in [-0.4, -0.2) is 54.2 Å². The van der Waals surface area contributed by atoms with Gasteiger partial charge >= 0.3 is 0 Å². The van der Waals surface area contributed by atoms with E-state index >= 15 is 0 Å². The van der Waals surface area contributed by atoms with Crippen molar-refractivity contribution in [2.75, 3.05) is 31.9 Å². The Balaban J connectivity index is 1.58. The van der Waals surface area contributed by atoms with Crippen LogP contribution in [0, 0.1) is 0 Å². The lowest BCUT2D eigenvalue weighted by Gasteiger charge is -2.38. The summed E-state index contributed by atoms with van der Waals surface area (Å²) in [6.45, 7) is 9.88. The van der Waals surface area contributed by atoms with Crippen LogP contribution in [0.15, 0.2) is 24.3 Å². The van der Waals surface area contributed by atoms with Crippen molar-refractivity contribution in [3.05, 3.63) is 29.8 Å². The molecule has 0 radical (unpaired) electrons. The molecule has 2 aliphatic rings. The summed E-state index contributed by atoms with van der Waals surface area (Å²) in [5.74, 6) is 0. The number of anilines is 1. The van der Waals surface area contributed by atoms with Gasteiger partial charge in [0.25, 0.3) is 0 Å². The van der Waals surface area contributed by atoms with E-state index in [1.807, 2.05) is 6.07 Å². The third kappa shape index (κ3) is 4.00.